The number of aliphatic hydroxyl groups excluding tert-OH is 1. The Morgan fingerprint density at radius 2 is 1.90 bits per heavy atom. The number of alkyl halides is 2. The Hall–Kier alpha value is -1.40. The van der Waals surface area contributed by atoms with E-state index in [1.165, 1.54) is 13.2 Å². The summed E-state index contributed by atoms with van der Waals surface area (Å²) >= 11 is 0. The predicted molar refractivity (Wildman–Crippen MR) is 76.8 cm³/mol. The number of halogens is 2. The lowest BCUT2D eigenvalue weighted by Gasteiger charge is -2.26. The monoisotopic (exact) mass is 303 g/mol. The van der Waals surface area contributed by atoms with E-state index in [2.05, 4.69) is 10.1 Å². The van der Waals surface area contributed by atoms with Crippen molar-refractivity contribution in [3.8, 4) is 11.5 Å². The van der Waals surface area contributed by atoms with Gasteiger partial charge in [0.2, 0.25) is 0 Å². The van der Waals surface area contributed by atoms with Gasteiger partial charge in [-0.3, -0.25) is 0 Å². The number of methoxy groups -OCH3 is 1. The zero-order chi connectivity index (χ0) is 16.0. The quantitative estimate of drug-likeness (QED) is 0.813. The fourth-order valence-corrected chi connectivity index (χ4v) is 1.68. The van der Waals surface area contributed by atoms with E-state index in [1.54, 1.807) is 12.1 Å². The molecule has 0 aromatic heterocycles. The second kappa shape index (κ2) is 7.56. The van der Waals surface area contributed by atoms with Crippen molar-refractivity contribution in [1.29, 1.82) is 0 Å². The largest absolute Gasteiger partial charge is 0.493 e. The number of aliphatic hydroxyl groups is 1. The third kappa shape index (κ3) is 5.85. The van der Waals surface area contributed by atoms with E-state index < -0.39 is 12.7 Å². The number of hydrogen-bond acceptors (Lipinski definition) is 4. The van der Waals surface area contributed by atoms with Gasteiger partial charge in [-0.1, -0.05) is 26.8 Å². The van der Waals surface area contributed by atoms with Crippen LogP contribution in [-0.4, -0.2) is 31.5 Å². The molecule has 2 N–H and O–H groups in total. The lowest BCUT2D eigenvalue weighted by atomic mass is 9.89. The van der Waals surface area contributed by atoms with Gasteiger partial charge in [-0.2, -0.15) is 8.78 Å². The Balaban J connectivity index is 2.63. The molecule has 0 aliphatic carbocycles. The van der Waals surface area contributed by atoms with E-state index in [4.69, 9.17) is 4.74 Å². The predicted octanol–water partition coefficient (Wildman–Crippen LogP) is 2.79. The fourth-order valence-electron chi connectivity index (χ4n) is 1.68. The molecule has 0 aliphatic heterocycles. The molecule has 0 radical (unpaired) electrons. The van der Waals surface area contributed by atoms with Gasteiger partial charge in [-0.15, -0.1) is 0 Å². The molecule has 0 spiro atoms. The molecule has 1 aromatic carbocycles. The zero-order valence-electron chi connectivity index (χ0n) is 12.8. The first-order valence-electron chi connectivity index (χ1n) is 6.74. The van der Waals surface area contributed by atoms with Gasteiger partial charge in [0.1, 0.15) is 0 Å². The highest BCUT2D eigenvalue weighted by Crippen LogP contribution is 2.29. The smallest absolute Gasteiger partial charge is 0.387 e. The summed E-state index contributed by atoms with van der Waals surface area (Å²) in [4.78, 5) is 0. The van der Waals surface area contributed by atoms with Crippen molar-refractivity contribution >= 4 is 0 Å². The van der Waals surface area contributed by atoms with Crippen molar-refractivity contribution in [3.05, 3.63) is 23.8 Å². The molecule has 0 saturated carbocycles. The highest BCUT2D eigenvalue weighted by atomic mass is 19.3. The molecule has 4 nitrogen and oxygen atoms in total. The first-order chi connectivity index (χ1) is 9.74. The summed E-state index contributed by atoms with van der Waals surface area (Å²) in [7, 11) is 1.39. The SMILES string of the molecule is COc1ccc(CNCC(O)C(C)(C)C)cc1OC(F)F. The van der Waals surface area contributed by atoms with Crippen LogP contribution < -0.4 is 14.8 Å². The first-order valence-corrected chi connectivity index (χ1v) is 6.74. The van der Waals surface area contributed by atoms with Crippen LogP contribution in [-0.2, 0) is 6.54 Å². The molecular formula is C15H23F2NO3. The molecule has 6 heteroatoms. The summed E-state index contributed by atoms with van der Waals surface area (Å²) in [6.07, 6.45) is -0.493. The summed E-state index contributed by atoms with van der Waals surface area (Å²) in [5, 5.41) is 13.0. The van der Waals surface area contributed by atoms with E-state index in [0.29, 0.717) is 13.1 Å². The third-order valence-corrected chi connectivity index (χ3v) is 3.11. The van der Waals surface area contributed by atoms with E-state index in [1.807, 2.05) is 20.8 Å². The average Bonchev–Trinajstić information content (AvgIpc) is 2.37. The standard InChI is InChI=1S/C15H23F2NO3/c1-15(2,3)13(19)9-18-8-10-5-6-11(20-4)12(7-10)21-14(16)17/h5-7,13-14,18-19H,8-9H2,1-4H3. The molecule has 1 unspecified atom stereocenters. The Morgan fingerprint density at radius 3 is 2.43 bits per heavy atom. The fraction of sp³-hybridized carbons (Fsp3) is 0.600. The molecule has 1 rings (SSSR count). The van der Waals surface area contributed by atoms with Gasteiger partial charge >= 0.3 is 6.61 Å². The number of ether oxygens (including phenoxy) is 2. The summed E-state index contributed by atoms with van der Waals surface area (Å²) in [5.74, 6) is 0.261. The van der Waals surface area contributed by atoms with Gasteiger partial charge in [-0.25, -0.2) is 0 Å². The molecule has 0 bridgehead atoms. The third-order valence-electron chi connectivity index (χ3n) is 3.11. The maximum atomic E-state index is 12.3. The Bertz CT molecular complexity index is 447. The zero-order valence-corrected chi connectivity index (χ0v) is 12.8. The molecule has 0 amide bonds. The molecule has 1 atom stereocenters. The highest BCUT2D eigenvalue weighted by molar-refractivity contribution is 5.42. The molecule has 0 saturated heterocycles. The molecular weight excluding hydrogens is 280 g/mol. The Kier molecular flexibility index (Phi) is 6.36. The summed E-state index contributed by atoms with van der Waals surface area (Å²) < 4.78 is 34.1. The van der Waals surface area contributed by atoms with Gasteiger partial charge in [0, 0.05) is 13.1 Å². The number of rotatable bonds is 7. The van der Waals surface area contributed by atoms with Crippen molar-refractivity contribution in [2.45, 2.75) is 40.0 Å². The molecule has 120 valence electrons. The topological polar surface area (TPSA) is 50.7 Å². The van der Waals surface area contributed by atoms with Gasteiger partial charge in [0.05, 0.1) is 13.2 Å². The van der Waals surface area contributed by atoms with Crippen molar-refractivity contribution in [2.24, 2.45) is 5.41 Å². The van der Waals surface area contributed by atoms with Crippen LogP contribution in [0.5, 0.6) is 11.5 Å². The minimum absolute atomic E-state index is 0.00294. The lowest BCUT2D eigenvalue weighted by molar-refractivity contribution is -0.0512. The van der Waals surface area contributed by atoms with Crippen molar-refractivity contribution in [3.63, 3.8) is 0 Å². The van der Waals surface area contributed by atoms with Crippen molar-refractivity contribution < 1.29 is 23.4 Å². The van der Waals surface area contributed by atoms with Gasteiger partial charge in [0.15, 0.2) is 11.5 Å². The minimum atomic E-state index is -2.90. The van der Waals surface area contributed by atoms with Crippen LogP contribution >= 0.6 is 0 Å². The van der Waals surface area contributed by atoms with Crippen LogP contribution in [0.3, 0.4) is 0 Å². The van der Waals surface area contributed by atoms with Crippen molar-refractivity contribution in [2.75, 3.05) is 13.7 Å². The van der Waals surface area contributed by atoms with E-state index in [0.717, 1.165) is 5.56 Å². The van der Waals surface area contributed by atoms with Crippen LogP contribution in [0.1, 0.15) is 26.3 Å². The van der Waals surface area contributed by atoms with Gasteiger partial charge < -0.3 is 19.9 Å². The van der Waals surface area contributed by atoms with Crippen molar-refractivity contribution in [1.82, 2.24) is 5.32 Å². The van der Waals surface area contributed by atoms with E-state index in [-0.39, 0.29) is 16.9 Å². The van der Waals surface area contributed by atoms with E-state index >= 15 is 0 Å². The van der Waals surface area contributed by atoms with E-state index in [9.17, 15) is 13.9 Å². The van der Waals surface area contributed by atoms with Crippen LogP contribution in [0.4, 0.5) is 8.78 Å². The second-order valence-corrected chi connectivity index (χ2v) is 5.88. The molecule has 1 aromatic rings. The van der Waals surface area contributed by atoms with Gasteiger partial charge in [-0.05, 0) is 23.1 Å². The summed E-state index contributed by atoms with van der Waals surface area (Å²) in [5.41, 5.74) is 0.559. The van der Waals surface area contributed by atoms with Crippen LogP contribution in [0.15, 0.2) is 18.2 Å². The normalized spacial score (nSPS) is 13.3. The second-order valence-electron chi connectivity index (χ2n) is 5.88. The Morgan fingerprint density at radius 1 is 1.24 bits per heavy atom. The minimum Gasteiger partial charge on any atom is -0.493 e. The first kappa shape index (κ1) is 17.7. The van der Waals surface area contributed by atoms with Crippen LogP contribution in [0, 0.1) is 5.41 Å². The molecule has 21 heavy (non-hydrogen) atoms. The number of benzene rings is 1. The maximum Gasteiger partial charge on any atom is 0.387 e. The molecule has 0 heterocycles. The molecule has 0 fully saturated rings. The molecule has 0 aliphatic rings. The number of hydrogen-bond donors (Lipinski definition) is 2. The highest BCUT2D eigenvalue weighted by Gasteiger charge is 2.21. The summed E-state index contributed by atoms with van der Waals surface area (Å²) in [6.45, 7) is 3.80. The van der Waals surface area contributed by atoms with Crippen LogP contribution in [0.2, 0.25) is 0 Å². The van der Waals surface area contributed by atoms with Gasteiger partial charge in [0.25, 0.3) is 0 Å². The lowest BCUT2D eigenvalue weighted by Crippen LogP contribution is -2.36. The summed E-state index contributed by atoms with van der Waals surface area (Å²) in [6, 6.07) is 4.84. The Labute approximate surface area is 124 Å². The number of nitrogens with one attached hydrogen (secondary N) is 1. The maximum absolute atomic E-state index is 12.3. The average molecular weight is 303 g/mol. The van der Waals surface area contributed by atoms with Crippen LogP contribution in [0.25, 0.3) is 0 Å².